The summed E-state index contributed by atoms with van der Waals surface area (Å²) in [5.41, 5.74) is 2.78. The molecule has 0 saturated carbocycles. The van der Waals surface area contributed by atoms with Crippen LogP contribution in [0.2, 0.25) is 0 Å². The SMILES string of the molecule is CC(C)(O)c1cc2nn(C3CCN(CC4CN(c5ccc6c(c5)C(=O)N(C5CCC(=O)NC5=O)C6=O)C4)CC3)cc2cc1NC(=O)c1cnn2cccnc12. The molecule has 0 radical (unpaired) electrons. The van der Waals surface area contributed by atoms with Crippen molar-refractivity contribution in [1.82, 2.24) is 39.5 Å². The summed E-state index contributed by atoms with van der Waals surface area (Å²) in [6.07, 6.45) is 8.90. The number of piperidine rings is 2. The highest BCUT2D eigenvalue weighted by Gasteiger charge is 2.45. The van der Waals surface area contributed by atoms with Gasteiger partial charge >= 0.3 is 0 Å². The molecule has 16 nitrogen and oxygen atoms in total. The molecule has 16 heteroatoms. The molecule has 2 aromatic carbocycles. The average molecular weight is 745 g/mol. The summed E-state index contributed by atoms with van der Waals surface area (Å²) in [7, 11) is 0. The monoisotopic (exact) mass is 744 g/mol. The molecule has 3 aromatic heterocycles. The molecule has 5 aromatic rings. The first-order valence-electron chi connectivity index (χ1n) is 18.6. The fraction of sp³-hybridized carbons (Fsp3) is 0.385. The van der Waals surface area contributed by atoms with E-state index in [9.17, 15) is 29.1 Å². The van der Waals surface area contributed by atoms with Crippen LogP contribution in [0, 0.1) is 5.92 Å². The first kappa shape index (κ1) is 34.7. The Bertz CT molecular complexity index is 2420. The number of amides is 5. The standard InChI is InChI=1S/C39H40N10O6/c1-39(2,55)29-16-30-23(14-31(29)42-35(51)28-17-41-47-11-3-10-40-34(28)47)21-48(44-30)24-8-12-45(13-9-24)18-22-19-46(20-22)25-4-5-26-27(15-25)38(54)49(37(26)53)32-6-7-33(50)43-36(32)52/h3-5,10-11,14-17,21-22,24,32,55H,6-9,12-13,18-20H2,1-2H3,(H,42,51)(H,43,50,52). The molecule has 282 valence electrons. The van der Waals surface area contributed by atoms with E-state index in [1.807, 2.05) is 29.1 Å². The van der Waals surface area contributed by atoms with E-state index < -0.39 is 35.3 Å². The van der Waals surface area contributed by atoms with Gasteiger partial charge in [-0.2, -0.15) is 10.2 Å². The summed E-state index contributed by atoms with van der Waals surface area (Å²) in [6.45, 7) is 7.83. The molecule has 1 atom stereocenters. The second kappa shape index (κ2) is 13.1. The van der Waals surface area contributed by atoms with Crippen LogP contribution in [0.1, 0.15) is 82.2 Å². The third kappa shape index (κ3) is 6.20. The van der Waals surface area contributed by atoms with Crippen LogP contribution in [-0.4, -0.2) is 108 Å². The number of benzene rings is 2. The predicted molar refractivity (Wildman–Crippen MR) is 199 cm³/mol. The summed E-state index contributed by atoms with van der Waals surface area (Å²) < 4.78 is 3.56. The minimum atomic E-state index is -1.24. The molecule has 7 heterocycles. The van der Waals surface area contributed by atoms with Crippen LogP contribution >= 0.6 is 0 Å². The maximum Gasteiger partial charge on any atom is 0.262 e. The number of aliphatic hydroxyl groups is 1. The molecule has 4 aliphatic heterocycles. The number of hydrogen-bond donors (Lipinski definition) is 3. The van der Waals surface area contributed by atoms with E-state index in [-0.39, 0.29) is 30.4 Å². The van der Waals surface area contributed by atoms with Crippen molar-refractivity contribution in [2.75, 3.05) is 42.9 Å². The summed E-state index contributed by atoms with van der Waals surface area (Å²) in [4.78, 5) is 73.7. The Labute approximate surface area is 315 Å². The quantitative estimate of drug-likeness (QED) is 0.198. The minimum absolute atomic E-state index is 0.0845. The average Bonchev–Trinajstić information content (AvgIpc) is 3.83. The molecule has 1 unspecified atom stereocenters. The molecule has 3 fully saturated rings. The maximum atomic E-state index is 13.4. The van der Waals surface area contributed by atoms with Crippen LogP contribution < -0.4 is 15.5 Å². The first-order valence-corrected chi connectivity index (χ1v) is 18.6. The molecular weight excluding hydrogens is 704 g/mol. The van der Waals surface area contributed by atoms with Gasteiger partial charge < -0.3 is 20.2 Å². The number of carbonyl (C=O) groups is 5. The largest absolute Gasteiger partial charge is 0.386 e. The molecule has 3 N–H and O–H groups in total. The van der Waals surface area contributed by atoms with E-state index in [1.165, 1.54) is 10.7 Å². The van der Waals surface area contributed by atoms with E-state index >= 15 is 0 Å². The highest BCUT2D eigenvalue weighted by atomic mass is 16.3. The number of nitrogens with zero attached hydrogens (tertiary/aromatic N) is 8. The van der Waals surface area contributed by atoms with Crippen LogP contribution in [0.25, 0.3) is 16.6 Å². The van der Waals surface area contributed by atoms with Crippen LogP contribution in [0.15, 0.2) is 61.2 Å². The van der Waals surface area contributed by atoms with Crippen LogP contribution in [0.4, 0.5) is 11.4 Å². The highest BCUT2D eigenvalue weighted by Crippen LogP contribution is 2.36. The molecule has 4 aliphatic rings. The van der Waals surface area contributed by atoms with Crippen molar-refractivity contribution in [1.29, 1.82) is 0 Å². The van der Waals surface area contributed by atoms with Gasteiger partial charge in [0, 0.05) is 86.0 Å². The van der Waals surface area contributed by atoms with E-state index in [0.29, 0.717) is 33.9 Å². The fourth-order valence-corrected chi connectivity index (χ4v) is 8.35. The third-order valence-electron chi connectivity index (χ3n) is 11.3. The number of carbonyl (C=O) groups excluding carboxylic acids is 5. The van der Waals surface area contributed by atoms with Gasteiger partial charge in [0.15, 0.2) is 5.65 Å². The number of anilines is 2. The lowest BCUT2D eigenvalue weighted by molar-refractivity contribution is -0.136. The lowest BCUT2D eigenvalue weighted by Crippen LogP contribution is -2.54. The van der Waals surface area contributed by atoms with E-state index in [2.05, 4.69) is 30.5 Å². The highest BCUT2D eigenvalue weighted by molar-refractivity contribution is 6.23. The Balaban J connectivity index is 0.813. The number of likely N-dealkylation sites (tertiary alicyclic amines) is 1. The summed E-state index contributed by atoms with van der Waals surface area (Å²) in [6, 6.07) is 9.94. The van der Waals surface area contributed by atoms with E-state index in [1.54, 1.807) is 44.4 Å². The molecule has 0 bridgehead atoms. The zero-order valence-electron chi connectivity index (χ0n) is 30.4. The van der Waals surface area contributed by atoms with E-state index in [0.717, 1.165) is 67.1 Å². The Kier molecular flexibility index (Phi) is 8.27. The summed E-state index contributed by atoms with van der Waals surface area (Å²) in [5.74, 6) is -1.92. The molecule has 0 spiro atoms. The van der Waals surface area contributed by atoms with Gasteiger partial charge in [-0.25, -0.2) is 9.50 Å². The van der Waals surface area contributed by atoms with Crippen molar-refractivity contribution < 1.29 is 29.1 Å². The van der Waals surface area contributed by atoms with E-state index in [4.69, 9.17) is 5.10 Å². The van der Waals surface area contributed by atoms with Crippen LogP contribution in [0.5, 0.6) is 0 Å². The molecule has 5 amide bonds. The zero-order chi connectivity index (χ0) is 38.2. The van der Waals surface area contributed by atoms with Gasteiger partial charge in [-0.15, -0.1) is 0 Å². The lowest BCUT2D eigenvalue weighted by Gasteiger charge is -2.44. The maximum absolute atomic E-state index is 13.4. The third-order valence-corrected chi connectivity index (χ3v) is 11.3. The number of imide groups is 2. The predicted octanol–water partition coefficient (Wildman–Crippen LogP) is 2.73. The Morgan fingerprint density at radius 2 is 1.80 bits per heavy atom. The number of fused-ring (bicyclic) bond motifs is 3. The second-order valence-corrected chi connectivity index (χ2v) is 15.5. The van der Waals surface area contributed by atoms with Gasteiger partial charge in [0.25, 0.3) is 17.7 Å². The van der Waals surface area contributed by atoms with Crippen LogP contribution in [-0.2, 0) is 15.2 Å². The zero-order valence-corrected chi connectivity index (χ0v) is 30.4. The minimum Gasteiger partial charge on any atom is -0.386 e. The van der Waals surface area contributed by atoms with Crippen molar-refractivity contribution in [2.45, 2.75) is 57.2 Å². The lowest BCUT2D eigenvalue weighted by atomic mass is 9.95. The Morgan fingerprint density at radius 1 is 1.02 bits per heavy atom. The molecular formula is C39H40N10O6. The van der Waals surface area contributed by atoms with Crippen molar-refractivity contribution in [3.05, 3.63) is 83.4 Å². The topological polar surface area (TPSA) is 187 Å². The smallest absolute Gasteiger partial charge is 0.262 e. The summed E-state index contributed by atoms with van der Waals surface area (Å²) >= 11 is 0. The van der Waals surface area contributed by atoms with Crippen molar-refractivity contribution in [3.63, 3.8) is 0 Å². The van der Waals surface area contributed by atoms with Gasteiger partial charge in [-0.1, -0.05) is 0 Å². The Hall–Kier alpha value is -6.00. The molecule has 55 heavy (non-hydrogen) atoms. The van der Waals surface area contributed by atoms with Crippen molar-refractivity contribution in [3.8, 4) is 0 Å². The number of nitrogens with one attached hydrogen (secondary N) is 2. The van der Waals surface area contributed by atoms with Gasteiger partial charge in [-0.05, 0) is 69.5 Å². The van der Waals surface area contributed by atoms with Gasteiger partial charge in [0.1, 0.15) is 11.6 Å². The van der Waals surface area contributed by atoms with Gasteiger partial charge in [0.05, 0.1) is 34.5 Å². The number of rotatable bonds is 8. The van der Waals surface area contributed by atoms with Gasteiger partial charge in [-0.3, -0.25) is 38.9 Å². The molecule has 3 saturated heterocycles. The second-order valence-electron chi connectivity index (χ2n) is 15.5. The normalized spacial score (nSPS) is 20.0. The number of hydrogen-bond acceptors (Lipinski definition) is 11. The summed E-state index contributed by atoms with van der Waals surface area (Å²) in [5, 5.41) is 26.3. The number of aromatic nitrogens is 5. The Morgan fingerprint density at radius 3 is 2.56 bits per heavy atom. The van der Waals surface area contributed by atoms with Crippen LogP contribution in [0.3, 0.4) is 0 Å². The van der Waals surface area contributed by atoms with Crippen molar-refractivity contribution in [2.24, 2.45) is 5.92 Å². The first-order chi connectivity index (χ1) is 26.4. The fourth-order valence-electron chi connectivity index (χ4n) is 8.35. The molecule has 0 aliphatic carbocycles. The van der Waals surface area contributed by atoms with Gasteiger partial charge in [0.2, 0.25) is 11.8 Å². The van der Waals surface area contributed by atoms with Crippen molar-refractivity contribution >= 4 is 57.5 Å². The molecule has 9 rings (SSSR count).